The minimum absolute atomic E-state index is 0.170. The highest BCUT2D eigenvalue weighted by Crippen LogP contribution is 1.99. The van der Waals surface area contributed by atoms with Gasteiger partial charge in [0.2, 0.25) is 0 Å². The van der Waals surface area contributed by atoms with Gasteiger partial charge >= 0.3 is 17.9 Å². The van der Waals surface area contributed by atoms with Gasteiger partial charge in [0.1, 0.15) is 0 Å². The van der Waals surface area contributed by atoms with Crippen molar-refractivity contribution < 1.29 is 29.3 Å². The molecule has 0 fully saturated rings. The molecule has 0 spiro atoms. The van der Waals surface area contributed by atoms with Gasteiger partial charge in [-0.25, -0.2) is 14.4 Å². The second kappa shape index (κ2) is 10.5. The second-order valence-corrected chi connectivity index (χ2v) is 3.77. The summed E-state index contributed by atoms with van der Waals surface area (Å²) in [6.45, 7) is 6.26. The van der Waals surface area contributed by atoms with Gasteiger partial charge in [-0.05, 0) is 27.7 Å². The number of rotatable bonds is 4. The fraction of sp³-hybridized carbons (Fsp3) is 0.357. The first kappa shape index (κ1) is 20.0. The van der Waals surface area contributed by atoms with Crippen LogP contribution in [0.3, 0.4) is 0 Å². The van der Waals surface area contributed by atoms with Crippen molar-refractivity contribution in [1.82, 2.24) is 0 Å². The van der Waals surface area contributed by atoms with Gasteiger partial charge in [0.25, 0.3) is 0 Å². The molecule has 0 aliphatic carbocycles. The average molecular weight is 284 g/mol. The molecule has 0 saturated heterocycles. The molecule has 0 aromatic heterocycles. The quantitative estimate of drug-likeness (QED) is 0.466. The molecule has 20 heavy (non-hydrogen) atoms. The van der Waals surface area contributed by atoms with E-state index in [1.54, 1.807) is 26.8 Å². The van der Waals surface area contributed by atoms with Crippen LogP contribution in [0.2, 0.25) is 0 Å². The van der Waals surface area contributed by atoms with Crippen LogP contribution in [0.4, 0.5) is 0 Å². The van der Waals surface area contributed by atoms with Crippen LogP contribution in [0.15, 0.2) is 34.9 Å². The number of hydrogen-bond donors (Lipinski definition) is 2. The summed E-state index contributed by atoms with van der Waals surface area (Å²) < 4.78 is 4.42. The van der Waals surface area contributed by atoms with Gasteiger partial charge in [0.05, 0.1) is 7.11 Å². The number of carboxylic acids is 2. The lowest BCUT2D eigenvalue weighted by Crippen LogP contribution is -2.01. The standard InChI is InChI=1S/C9H12O4.C5H8O2/c1-6(8(10)11)4-5-7(2)9(12)13-3;1-3-4(2)5(6)7/h4-5H,1-3H3,(H,10,11);3H,1-2H3,(H,6,7). The highest BCUT2D eigenvalue weighted by molar-refractivity contribution is 5.89. The summed E-state index contributed by atoms with van der Waals surface area (Å²) in [7, 11) is 1.27. The Morgan fingerprint density at radius 1 is 0.850 bits per heavy atom. The van der Waals surface area contributed by atoms with Gasteiger partial charge in [-0.1, -0.05) is 18.2 Å². The fourth-order valence-electron chi connectivity index (χ4n) is 0.674. The van der Waals surface area contributed by atoms with Crippen LogP contribution >= 0.6 is 0 Å². The summed E-state index contributed by atoms with van der Waals surface area (Å²) in [5.74, 6) is -2.31. The zero-order valence-corrected chi connectivity index (χ0v) is 12.3. The smallest absolute Gasteiger partial charge is 0.333 e. The summed E-state index contributed by atoms with van der Waals surface area (Å²) >= 11 is 0. The van der Waals surface area contributed by atoms with Crippen LogP contribution < -0.4 is 0 Å². The molecule has 0 aromatic carbocycles. The molecule has 0 rings (SSSR count). The lowest BCUT2D eigenvalue weighted by molar-refractivity contribution is -0.136. The van der Waals surface area contributed by atoms with Crippen molar-refractivity contribution in [3.05, 3.63) is 34.9 Å². The molecule has 0 bridgehead atoms. The number of hydrogen-bond acceptors (Lipinski definition) is 4. The van der Waals surface area contributed by atoms with E-state index in [4.69, 9.17) is 10.2 Å². The first-order valence-electron chi connectivity index (χ1n) is 5.70. The zero-order chi connectivity index (χ0) is 16.3. The molecule has 0 heterocycles. The Morgan fingerprint density at radius 3 is 1.50 bits per heavy atom. The summed E-state index contributed by atoms with van der Waals surface area (Å²) in [5.41, 5.74) is 0.923. The van der Waals surface area contributed by atoms with E-state index >= 15 is 0 Å². The molecular formula is C14H20O6. The van der Waals surface area contributed by atoms with Crippen LogP contribution in [0, 0.1) is 0 Å². The number of allylic oxidation sites excluding steroid dienone is 3. The van der Waals surface area contributed by atoms with Gasteiger partial charge in [-0.2, -0.15) is 0 Å². The number of methoxy groups -OCH3 is 1. The van der Waals surface area contributed by atoms with Gasteiger partial charge in [0, 0.05) is 16.7 Å². The Morgan fingerprint density at radius 2 is 1.25 bits per heavy atom. The molecule has 2 N–H and O–H groups in total. The maximum atomic E-state index is 10.8. The van der Waals surface area contributed by atoms with Crippen molar-refractivity contribution in [2.24, 2.45) is 0 Å². The molecule has 0 atom stereocenters. The number of esters is 1. The van der Waals surface area contributed by atoms with Crippen molar-refractivity contribution in [3.63, 3.8) is 0 Å². The lowest BCUT2D eigenvalue weighted by Gasteiger charge is -1.95. The Labute approximate surface area is 118 Å². The Bertz CT molecular complexity index is 454. The predicted octanol–water partition coefficient (Wildman–Crippen LogP) is 2.17. The molecule has 6 heteroatoms. The summed E-state index contributed by atoms with van der Waals surface area (Å²) in [6, 6.07) is 0. The van der Waals surface area contributed by atoms with Gasteiger partial charge in [0.15, 0.2) is 0 Å². The SMILES string of the molecule is CC=C(C)C(=O)O.COC(=O)C(C)=CC=C(C)C(=O)O. The van der Waals surface area contributed by atoms with Crippen molar-refractivity contribution >= 4 is 17.9 Å². The van der Waals surface area contributed by atoms with Crippen LogP contribution in [-0.4, -0.2) is 35.2 Å². The molecule has 6 nitrogen and oxygen atoms in total. The van der Waals surface area contributed by atoms with Crippen LogP contribution in [0.25, 0.3) is 0 Å². The van der Waals surface area contributed by atoms with E-state index in [-0.39, 0.29) is 5.57 Å². The van der Waals surface area contributed by atoms with Gasteiger partial charge in [-0.3, -0.25) is 0 Å². The maximum absolute atomic E-state index is 10.8. The van der Waals surface area contributed by atoms with Crippen molar-refractivity contribution in [1.29, 1.82) is 0 Å². The summed E-state index contributed by atoms with van der Waals surface area (Å²) in [6.07, 6.45) is 4.33. The van der Waals surface area contributed by atoms with Crippen molar-refractivity contribution in [2.75, 3.05) is 7.11 Å². The molecule has 0 aromatic rings. The third-order valence-electron chi connectivity index (χ3n) is 2.20. The highest BCUT2D eigenvalue weighted by atomic mass is 16.5. The molecule has 0 aliphatic rings. The van der Waals surface area contributed by atoms with Crippen LogP contribution in [0.5, 0.6) is 0 Å². The Hall–Kier alpha value is -2.37. The minimum atomic E-state index is -1.01. The zero-order valence-electron chi connectivity index (χ0n) is 12.3. The van der Waals surface area contributed by atoms with Crippen molar-refractivity contribution in [3.8, 4) is 0 Å². The van der Waals surface area contributed by atoms with Gasteiger partial charge < -0.3 is 14.9 Å². The number of carbonyl (C=O) groups excluding carboxylic acids is 1. The van der Waals surface area contributed by atoms with Crippen molar-refractivity contribution in [2.45, 2.75) is 27.7 Å². The number of aliphatic carboxylic acids is 2. The van der Waals surface area contributed by atoms with E-state index in [1.165, 1.54) is 26.2 Å². The molecule has 0 saturated carbocycles. The molecule has 112 valence electrons. The van der Waals surface area contributed by atoms with E-state index in [1.807, 2.05) is 0 Å². The maximum Gasteiger partial charge on any atom is 0.333 e. The largest absolute Gasteiger partial charge is 0.478 e. The monoisotopic (exact) mass is 284 g/mol. The molecule has 0 unspecified atom stereocenters. The van der Waals surface area contributed by atoms with E-state index in [2.05, 4.69) is 4.74 Å². The number of carbonyl (C=O) groups is 3. The topological polar surface area (TPSA) is 101 Å². The first-order chi connectivity index (χ1) is 9.17. The summed E-state index contributed by atoms with van der Waals surface area (Å²) in [4.78, 5) is 31.0. The first-order valence-corrected chi connectivity index (χ1v) is 5.70. The third-order valence-corrected chi connectivity index (χ3v) is 2.20. The predicted molar refractivity (Wildman–Crippen MR) is 74.2 cm³/mol. The van der Waals surface area contributed by atoms with E-state index in [9.17, 15) is 14.4 Å². The van der Waals surface area contributed by atoms with Crippen LogP contribution in [-0.2, 0) is 19.1 Å². The van der Waals surface area contributed by atoms with Crippen LogP contribution in [0.1, 0.15) is 27.7 Å². The average Bonchev–Trinajstić information content (AvgIpc) is 2.42. The number of ether oxygens (including phenoxy) is 1. The summed E-state index contributed by atoms with van der Waals surface area (Å²) in [5, 5.41) is 16.6. The molecule has 0 aliphatic heterocycles. The molecule has 0 radical (unpaired) electrons. The number of carboxylic acid groups (broad SMARTS) is 2. The molecular weight excluding hydrogens is 264 g/mol. The third kappa shape index (κ3) is 9.64. The normalized spacial score (nSPS) is 12.2. The fourth-order valence-corrected chi connectivity index (χ4v) is 0.674. The highest BCUT2D eigenvalue weighted by Gasteiger charge is 2.02. The lowest BCUT2D eigenvalue weighted by atomic mass is 10.2. The van der Waals surface area contributed by atoms with E-state index in [0.717, 1.165) is 0 Å². The Kier molecular flexibility index (Phi) is 10.5. The van der Waals surface area contributed by atoms with Gasteiger partial charge in [-0.15, -0.1) is 0 Å². The minimum Gasteiger partial charge on any atom is -0.478 e. The second-order valence-electron chi connectivity index (χ2n) is 3.77. The molecule has 0 amide bonds. The van der Waals surface area contributed by atoms with E-state index in [0.29, 0.717) is 11.1 Å². The Balaban J connectivity index is 0. The van der Waals surface area contributed by atoms with E-state index < -0.39 is 17.9 Å².